The molecule has 0 unspecified atom stereocenters. The van der Waals surface area contributed by atoms with Crippen LogP contribution in [0.5, 0.6) is 0 Å². The maximum absolute atomic E-state index is 13.5. The van der Waals surface area contributed by atoms with Crippen LogP contribution in [0.2, 0.25) is 0 Å². The summed E-state index contributed by atoms with van der Waals surface area (Å²) in [6.07, 6.45) is 0. The van der Waals surface area contributed by atoms with Gasteiger partial charge in [0.2, 0.25) is 5.91 Å². The van der Waals surface area contributed by atoms with Crippen molar-refractivity contribution < 1.29 is 14.0 Å². The monoisotopic (exact) mass is 320 g/mol. The van der Waals surface area contributed by atoms with Crippen molar-refractivity contribution in [3.05, 3.63) is 57.5 Å². The zero-order valence-electron chi connectivity index (χ0n) is 12.4. The van der Waals surface area contributed by atoms with E-state index < -0.39 is 11.7 Å². The lowest BCUT2D eigenvalue weighted by Crippen LogP contribution is -2.38. The van der Waals surface area contributed by atoms with Gasteiger partial charge in [-0.1, -0.05) is 12.1 Å². The molecule has 2 rings (SSSR count). The highest BCUT2D eigenvalue weighted by atomic mass is 32.1. The quantitative estimate of drug-likeness (QED) is 0.920. The summed E-state index contributed by atoms with van der Waals surface area (Å²) in [4.78, 5) is 26.5. The molecule has 1 heterocycles. The second kappa shape index (κ2) is 7.17. The summed E-state index contributed by atoms with van der Waals surface area (Å²) in [5, 5.41) is 4.42. The smallest absolute Gasteiger partial charge is 0.254 e. The fraction of sp³-hybridized carbons (Fsp3) is 0.250. The highest BCUT2D eigenvalue weighted by Crippen LogP contribution is 2.17. The van der Waals surface area contributed by atoms with Crippen molar-refractivity contribution in [1.29, 1.82) is 0 Å². The Kier molecular flexibility index (Phi) is 5.27. The normalized spacial score (nSPS) is 10.3. The minimum absolute atomic E-state index is 0.0629. The number of amides is 2. The molecule has 0 radical (unpaired) electrons. The molecule has 2 aromatic rings. The second-order valence-electron chi connectivity index (χ2n) is 4.94. The first-order valence-corrected chi connectivity index (χ1v) is 7.66. The molecule has 0 bridgehead atoms. The van der Waals surface area contributed by atoms with Crippen molar-refractivity contribution in [1.82, 2.24) is 10.2 Å². The number of thiophene rings is 1. The summed E-state index contributed by atoms with van der Waals surface area (Å²) in [5.41, 5.74) is 1.08. The summed E-state index contributed by atoms with van der Waals surface area (Å²) in [7, 11) is 1.68. The molecule has 0 aliphatic rings. The maximum atomic E-state index is 13.5. The molecular formula is C16H17FN2O2S. The van der Waals surface area contributed by atoms with Crippen LogP contribution in [-0.2, 0) is 11.3 Å². The number of halogens is 1. The number of nitrogens with zero attached hydrogens (tertiary/aromatic N) is 1. The van der Waals surface area contributed by atoms with Crippen molar-refractivity contribution in [2.75, 3.05) is 13.6 Å². The van der Waals surface area contributed by atoms with Gasteiger partial charge in [-0.25, -0.2) is 4.39 Å². The highest BCUT2D eigenvalue weighted by molar-refractivity contribution is 7.10. The van der Waals surface area contributed by atoms with Gasteiger partial charge in [-0.15, -0.1) is 11.3 Å². The molecule has 0 atom stereocenters. The molecule has 4 nitrogen and oxygen atoms in total. The Balaban J connectivity index is 1.88. The van der Waals surface area contributed by atoms with Gasteiger partial charge in [-0.2, -0.15) is 0 Å². The van der Waals surface area contributed by atoms with Crippen LogP contribution in [0.3, 0.4) is 0 Å². The predicted octanol–water partition coefficient (Wildman–Crippen LogP) is 2.58. The first kappa shape index (κ1) is 16.2. The second-order valence-corrected chi connectivity index (χ2v) is 5.94. The third-order valence-corrected chi connectivity index (χ3v) is 4.30. The minimum atomic E-state index is -0.602. The van der Waals surface area contributed by atoms with Crippen LogP contribution < -0.4 is 5.32 Å². The Hall–Kier alpha value is -2.21. The zero-order valence-corrected chi connectivity index (χ0v) is 13.2. The number of carbonyl (C=O) groups is 2. The average Bonchev–Trinajstić information content (AvgIpc) is 2.90. The Labute approximate surface area is 132 Å². The van der Waals surface area contributed by atoms with Crippen molar-refractivity contribution >= 4 is 23.2 Å². The van der Waals surface area contributed by atoms with E-state index in [2.05, 4.69) is 5.32 Å². The van der Waals surface area contributed by atoms with Crippen molar-refractivity contribution in [2.45, 2.75) is 13.5 Å². The van der Waals surface area contributed by atoms with Crippen LogP contribution >= 0.6 is 11.3 Å². The average molecular weight is 320 g/mol. The lowest BCUT2D eigenvalue weighted by molar-refractivity contribution is -0.129. The third kappa shape index (κ3) is 3.92. The molecule has 0 spiro atoms. The summed E-state index contributed by atoms with van der Waals surface area (Å²) < 4.78 is 13.5. The van der Waals surface area contributed by atoms with Crippen molar-refractivity contribution in [2.24, 2.45) is 0 Å². The minimum Gasteiger partial charge on any atom is -0.343 e. The summed E-state index contributed by atoms with van der Waals surface area (Å²) in [6, 6.07) is 7.68. The van der Waals surface area contributed by atoms with E-state index in [0.717, 1.165) is 10.4 Å². The van der Waals surface area contributed by atoms with Gasteiger partial charge < -0.3 is 10.2 Å². The number of carbonyl (C=O) groups excluding carboxylic acids is 2. The van der Waals surface area contributed by atoms with E-state index >= 15 is 0 Å². The zero-order chi connectivity index (χ0) is 16.1. The molecule has 0 saturated heterocycles. The van der Waals surface area contributed by atoms with E-state index in [-0.39, 0.29) is 18.0 Å². The van der Waals surface area contributed by atoms with Gasteiger partial charge in [0.15, 0.2) is 0 Å². The van der Waals surface area contributed by atoms with Gasteiger partial charge in [-0.05, 0) is 36.1 Å². The Morgan fingerprint density at radius 3 is 2.64 bits per heavy atom. The molecule has 0 aliphatic heterocycles. The number of nitrogens with one attached hydrogen (secondary N) is 1. The number of aryl methyl sites for hydroxylation is 1. The summed E-state index contributed by atoms with van der Waals surface area (Å²) >= 11 is 1.59. The van der Waals surface area contributed by atoms with Gasteiger partial charge in [-0.3, -0.25) is 9.59 Å². The lowest BCUT2D eigenvalue weighted by Gasteiger charge is -2.17. The molecule has 0 saturated carbocycles. The predicted molar refractivity (Wildman–Crippen MR) is 84.3 cm³/mol. The van der Waals surface area contributed by atoms with E-state index in [1.807, 2.05) is 18.4 Å². The molecular weight excluding hydrogens is 303 g/mol. The Morgan fingerprint density at radius 1 is 1.27 bits per heavy atom. The summed E-state index contributed by atoms with van der Waals surface area (Å²) in [5.74, 6) is -1.42. The first-order chi connectivity index (χ1) is 10.5. The largest absolute Gasteiger partial charge is 0.343 e. The van der Waals surface area contributed by atoms with Gasteiger partial charge in [0.25, 0.3) is 5.91 Å². The molecule has 2 amide bonds. The fourth-order valence-corrected chi connectivity index (χ4v) is 2.86. The van der Waals surface area contributed by atoms with E-state index in [1.54, 1.807) is 29.4 Å². The van der Waals surface area contributed by atoms with Crippen molar-refractivity contribution in [3.63, 3.8) is 0 Å². The van der Waals surface area contributed by atoms with Crippen LogP contribution in [0.25, 0.3) is 0 Å². The van der Waals surface area contributed by atoms with Crippen LogP contribution in [-0.4, -0.2) is 30.3 Å². The van der Waals surface area contributed by atoms with Crippen LogP contribution in [0.15, 0.2) is 35.7 Å². The third-order valence-electron chi connectivity index (χ3n) is 3.29. The highest BCUT2D eigenvalue weighted by Gasteiger charge is 2.15. The number of likely N-dealkylation sites (N-methyl/N-ethyl adjacent to an activating group) is 1. The molecule has 22 heavy (non-hydrogen) atoms. The molecule has 1 N–H and O–H groups in total. The van der Waals surface area contributed by atoms with E-state index in [0.29, 0.717) is 6.54 Å². The first-order valence-electron chi connectivity index (χ1n) is 6.78. The molecule has 0 aliphatic carbocycles. The molecule has 0 fully saturated rings. The van der Waals surface area contributed by atoms with Gasteiger partial charge in [0, 0.05) is 11.9 Å². The molecule has 1 aromatic carbocycles. The van der Waals surface area contributed by atoms with Crippen LogP contribution in [0.4, 0.5) is 4.39 Å². The lowest BCUT2D eigenvalue weighted by atomic mass is 10.2. The van der Waals surface area contributed by atoms with Crippen molar-refractivity contribution in [3.8, 4) is 0 Å². The van der Waals surface area contributed by atoms with Gasteiger partial charge >= 0.3 is 0 Å². The fourth-order valence-electron chi connectivity index (χ4n) is 1.90. The maximum Gasteiger partial charge on any atom is 0.254 e. The van der Waals surface area contributed by atoms with E-state index in [9.17, 15) is 14.0 Å². The van der Waals surface area contributed by atoms with Gasteiger partial charge in [0.05, 0.1) is 18.7 Å². The molecule has 1 aromatic heterocycles. The number of rotatable bonds is 5. The Bertz CT molecular complexity index is 684. The number of hydrogen-bond donors (Lipinski definition) is 1. The number of benzene rings is 1. The van der Waals surface area contributed by atoms with E-state index in [4.69, 9.17) is 0 Å². The van der Waals surface area contributed by atoms with Crippen LogP contribution in [0.1, 0.15) is 20.8 Å². The standard InChI is InChI=1S/C16H17FN2O2S/c1-11-7-8-22-14(11)10-19(2)15(20)9-18-16(21)12-5-3-4-6-13(12)17/h3-8H,9-10H2,1-2H3,(H,18,21). The topological polar surface area (TPSA) is 49.4 Å². The summed E-state index contributed by atoms with van der Waals surface area (Å²) in [6.45, 7) is 2.33. The molecule has 116 valence electrons. The SMILES string of the molecule is Cc1ccsc1CN(C)C(=O)CNC(=O)c1ccccc1F. The van der Waals surface area contributed by atoms with Crippen LogP contribution in [0, 0.1) is 12.7 Å². The molecule has 6 heteroatoms. The van der Waals surface area contributed by atoms with Gasteiger partial charge in [0.1, 0.15) is 5.82 Å². The Morgan fingerprint density at radius 2 is 2.00 bits per heavy atom. The van der Waals surface area contributed by atoms with E-state index in [1.165, 1.54) is 18.2 Å². The number of hydrogen-bond acceptors (Lipinski definition) is 3.